The van der Waals surface area contributed by atoms with Crippen molar-refractivity contribution in [2.24, 2.45) is 0 Å². The Morgan fingerprint density at radius 3 is 2.14 bits per heavy atom. The average molecular weight is 300 g/mol. The molecule has 0 radical (unpaired) electrons. The van der Waals surface area contributed by atoms with E-state index in [0.717, 1.165) is 0 Å². The molecule has 0 amide bonds. The smallest absolute Gasteiger partial charge is 0.483 e. The zero-order chi connectivity index (χ0) is 15.6. The molecule has 110 valence electrons. The predicted octanol–water partition coefficient (Wildman–Crippen LogP) is 1.50. The van der Waals surface area contributed by atoms with E-state index in [1.54, 1.807) is 0 Å². The van der Waals surface area contributed by atoms with Gasteiger partial charge in [0.2, 0.25) is 11.6 Å². The fourth-order valence-electron chi connectivity index (χ4n) is 1.68. The van der Waals surface area contributed by atoms with Gasteiger partial charge in [-0.3, -0.25) is 0 Å². The molecule has 0 saturated carbocycles. The Morgan fingerprint density at radius 2 is 1.57 bits per heavy atom. The molecule has 21 heavy (non-hydrogen) atoms. The molecule has 0 aliphatic heterocycles. The summed E-state index contributed by atoms with van der Waals surface area (Å²) in [5, 5.41) is 18.0. The van der Waals surface area contributed by atoms with Gasteiger partial charge in [-0.1, -0.05) is 24.3 Å². The topological polar surface area (TPSA) is 49.7 Å². The second kappa shape index (κ2) is 6.15. The van der Waals surface area contributed by atoms with E-state index in [0.29, 0.717) is 5.56 Å². The van der Waals surface area contributed by atoms with Gasteiger partial charge in [-0.15, -0.1) is 0 Å². The molecular formula is C13H9BF4O3. The second-order valence-corrected chi connectivity index (χ2v) is 4.20. The Morgan fingerprint density at radius 1 is 0.952 bits per heavy atom. The van der Waals surface area contributed by atoms with Crippen molar-refractivity contribution < 1.29 is 32.3 Å². The quantitative estimate of drug-likeness (QED) is 0.511. The van der Waals surface area contributed by atoms with Crippen LogP contribution in [0.25, 0.3) is 0 Å². The molecule has 0 aliphatic carbocycles. The van der Waals surface area contributed by atoms with Gasteiger partial charge >= 0.3 is 7.12 Å². The third kappa shape index (κ3) is 3.34. The molecule has 2 aromatic carbocycles. The summed E-state index contributed by atoms with van der Waals surface area (Å²) in [6, 6.07) is 5.76. The van der Waals surface area contributed by atoms with E-state index in [9.17, 15) is 17.6 Å². The Bertz CT molecular complexity index is 638. The highest BCUT2D eigenvalue weighted by Gasteiger charge is 2.20. The zero-order valence-electron chi connectivity index (χ0n) is 10.5. The van der Waals surface area contributed by atoms with Crippen molar-refractivity contribution >= 4 is 12.6 Å². The van der Waals surface area contributed by atoms with Crippen LogP contribution in [-0.2, 0) is 6.61 Å². The Kier molecular flexibility index (Phi) is 4.49. The largest absolute Gasteiger partial charge is 0.488 e. The van der Waals surface area contributed by atoms with E-state index in [1.165, 1.54) is 24.3 Å². The molecule has 2 N–H and O–H groups in total. The van der Waals surface area contributed by atoms with Gasteiger partial charge in [0.1, 0.15) is 6.61 Å². The summed E-state index contributed by atoms with van der Waals surface area (Å²) >= 11 is 0. The molecular weight excluding hydrogens is 291 g/mol. The van der Waals surface area contributed by atoms with Crippen LogP contribution < -0.4 is 10.2 Å². The van der Waals surface area contributed by atoms with E-state index in [-0.39, 0.29) is 11.5 Å². The van der Waals surface area contributed by atoms with E-state index in [4.69, 9.17) is 14.8 Å². The van der Waals surface area contributed by atoms with Gasteiger partial charge in [-0.25, -0.2) is 8.78 Å². The minimum absolute atomic E-state index is 0.0836. The Labute approximate surface area is 117 Å². The summed E-state index contributed by atoms with van der Waals surface area (Å²) in [7, 11) is -1.72. The molecule has 0 bridgehead atoms. The molecule has 0 atom stereocenters. The lowest BCUT2D eigenvalue weighted by Crippen LogP contribution is -2.29. The fraction of sp³-hybridized carbons (Fsp3) is 0.0769. The number of ether oxygens (including phenoxy) is 1. The molecule has 0 unspecified atom stereocenters. The Balaban J connectivity index is 2.23. The van der Waals surface area contributed by atoms with Crippen molar-refractivity contribution in [3.8, 4) is 5.75 Å². The molecule has 0 aliphatic rings. The zero-order valence-corrected chi connectivity index (χ0v) is 10.5. The van der Waals surface area contributed by atoms with Crippen molar-refractivity contribution in [3.05, 3.63) is 59.2 Å². The average Bonchev–Trinajstić information content (AvgIpc) is 2.45. The number of halogens is 4. The molecule has 0 heterocycles. The van der Waals surface area contributed by atoms with Gasteiger partial charge in [0.15, 0.2) is 17.4 Å². The third-order valence-corrected chi connectivity index (χ3v) is 2.70. The monoisotopic (exact) mass is 300 g/mol. The van der Waals surface area contributed by atoms with Crippen LogP contribution in [0.1, 0.15) is 5.56 Å². The summed E-state index contributed by atoms with van der Waals surface area (Å²) < 4.78 is 57.5. The van der Waals surface area contributed by atoms with E-state index < -0.39 is 42.7 Å². The van der Waals surface area contributed by atoms with Crippen molar-refractivity contribution in [3.63, 3.8) is 0 Å². The third-order valence-electron chi connectivity index (χ3n) is 2.70. The van der Waals surface area contributed by atoms with Crippen LogP contribution in [0.2, 0.25) is 0 Å². The minimum atomic E-state index is -1.72. The number of rotatable bonds is 4. The van der Waals surface area contributed by atoms with Gasteiger partial charge in [0.25, 0.3) is 0 Å². The summed E-state index contributed by atoms with van der Waals surface area (Å²) in [4.78, 5) is 0. The first-order valence-corrected chi connectivity index (χ1v) is 5.81. The standard InChI is InChI=1S/C13H9BF4O3/c15-9-5-10(16)12(18)13(11(9)17)21-6-7-2-1-3-8(4-7)14(19)20/h1-5,19-20H,6H2. The normalized spacial score (nSPS) is 10.6. The first-order chi connectivity index (χ1) is 9.90. The van der Waals surface area contributed by atoms with E-state index in [2.05, 4.69) is 0 Å². The van der Waals surface area contributed by atoms with Crippen LogP contribution in [0.15, 0.2) is 30.3 Å². The highest BCUT2D eigenvalue weighted by Crippen LogP contribution is 2.27. The van der Waals surface area contributed by atoms with Crippen molar-refractivity contribution in [2.75, 3.05) is 0 Å². The summed E-state index contributed by atoms with van der Waals surface area (Å²) in [5.74, 6) is -7.56. The van der Waals surface area contributed by atoms with E-state index in [1.807, 2.05) is 0 Å². The van der Waals surface area contributed by atoms with Gasteiger partial charge in [0, 0.05) is 6.07 Å². The first-order valence-electron chi connectivity index (χ1n) is 5.81. The molecule has 0 spiro atoms. The first kappa shape index (κ1) is 15.3. The summed E-state index contributed by atoms with van der Waals surface area (Å²) in [5.41, 5.74) is 0.478. The SMILES string of the molecule is OB(O)c1cccc(COc2c(F)c(F)cc(F)c2F)c1. The number of hydrogen-bond donors (Lipinski definition) is 2. The minimum Gasteiger partial charge on any atom is -0.483 e. The van der Waals surface area contributed by atoms with Gasteiger partial charge in [-0.2, -0.15) is 8.78 Å². The summed E-state index contributed by atoms with van der Waals surface area (Å²) in [6.07, 6.45) is 0. The number of benzene rings is 2. The van der Waals surface area contributed by atoms with Crippen LogP contribution >= 0.6 is 0 Å². The molecule has 0 aromatic heterocycles. The molecule has 2 rings (SSSR count). The van der Waals surface area contributed by atoms with E-state index >= 15 is 0 Å². The van der Waals surface area contributed by atoms with Crippen molar-refractivity contribution in [1.82, 2.24) is 0 Å². The molecule has 3 nitrogen and oxygen atoms in total. The predicted molar refractivity (Wildman–Crippen MR) is 66.9 cm³/mol. The fourth-order valence-corrected chi connectivity index (χ4v) is 1.68. The van der Waals surface area contributed by atoms with Crippen LogP contribution in [0.3, 0.4) is 0 Å². The number of hydrogen-bond acceptors (Lipinski definition) is 3. The second-order valence-electron chi connectivity index (χ2n) is 4.20. The van der Waals surface area contributed by atoms with Crippen LogP contribution in [0.4, 0.5) is 17.6 Å². The van der Waals surface area contributed by atoms with Gasteiger partial charge in [0.05, 0.1) is 0 Å². The lowest BCUT2D eigenvalue weighted by Gasteiger charge is -2.10. The summed E-state index contributed by atoms with van der Waals surface area (Å²) in [6.45, 7) is -0.405. The molecule has 0 fully saturated rings. The molecule has 8 heteroatoms. The van der Waals surface area contributed by atoms with Crippen LogP contribution in [-0.4, -0.2) is 17.2 Å². The maximum Gasteiger partial charge on any atom is 0.488 e. The Hall–Kier alpha value is -2.06. The molecule has 0 saturated heterocycles. The van der Waals surface area contributed by atoms with Crippen molar-refractivity contribution in [1.29, 1.82) is 0 Å². The lowest BCUT2D eigenvalue weighted by atomic mass is 9.80. The van der Waals surface area contributed by atoms with Gasteiger partial charge < -0.3 is 14.8 Å². The molecule has 2 aromatic rings. The van der Waals surface area contributed by atoms with Crippen LogP contribution in [0.5, 0.6) is 5.75 Å². The van der Waals surface area contributed by atoms with Crippen molar-refractivity contribution in [2.45, 2.75) is 6.61 Å². The lowest BCUT2D eigenvalue weighted by molar-refractivity contribution is 0.261. The highest BCUT2D eigenvalue weighted by molar-refractivity contribution is 6.58. The van der Waals surface area contributed by atoms with Gasteiger partial charge in [-0.05, 0) is 11.0 Å². The maximum atomic E-state index is 13.4. The maximum absolute atomic E-state index is 13.4. The van der Waals surface area contributed by atoms with Crippen LogP contribution in [0, 0.1) is 23.3 Å². The highest BCUT2D eigenvalue weighted by atomic mass is 19.2.